The van der Waals surface area contributed by atoms with Gasteiger partial charge in [0.15, 0.2) is 23.0 Å². The Bertz CT molecular complexity index is 1400. The number of nitrogens with zero attached hydrogens (tertiary/aromatic N) is 1. The SMILES string of the molecule is CCOc1ccc([C@H]2/C(=C(\O)c3ccc4c(c3)OCCO4)C(=O)C(=O)N2CCc2ccccc2)cc1OCC. The van der Waals surface area contributed by atoms with Gasteiger partial charge in [0.1, 0.15) is 19.0 Å². The van der Waals surface area contributed by atoms with Crippen molar-refractivity contribution in [2.45, 2.75) is 26.3 Å². The number of hydrogen-bond donors (Lipinski definition) is 1. The van der Waals surface area contributed by atoms with Gasteiger partial charge < -0.3 is 29.0 Å². The number of hydrogen-bond acceptors (Lipinski definition) is 7. The lowest BCUT2D eigenvalue weighted by Crippen LogP contribution is -2.31. The van der Waals surface area contributed by atoms with Crippen molar-refractivity contribution in [3.05, 3.63) is 89.0 Å². The fraction of sp³-hybridized carbons (Fsp3) is 0.290. The minimum atomic E-state index is -0.822. The van der Waals surface area contributed by atoms with E-state index in [0.29, 0.717) is 67.0 Å². The third-order valence-electron chi connectivity index (χ3n) is 6.72. The molecule has 0 unspecified atom stereocenters. The van der Waals surface area contributed by atoms with E-state index in [0.717, 1.165) is 5.56 Å². The van der Waals surface area contributed by atoms with Crippen LogP contribution in [-0.4, -0.2) is 54.7 Å². The number of fused-ring (bicyclic) bond motifs is 1. The predicted molar refractivity (Wildman–Crippen MR) is 145 cm³/mol. The van der Waals surface area contributed by atoms with E-state index < -0.39 is 17.7 Å². The van der Waals surface area contributed by atoms with Gasteiger partial charge in [0, 0.05) is 12.1 Å². The monoisotopic (exact) mass is 529 g/mol. The van der Waals surface area contributed by atoms with Gasteiger partial charge in [-0.05, 0) is 61.7 Å². The highest BCUT2D eigenvalue weighted by Crippen LogP contribution is 2.43. The van der Waals surface area contributed by atoms with E-state index in [-0.39, 0.29) is 17.9 Å². The molecule has 0 radical (unpaired) electrons. The number of carbonyl (C=O) groups is 2. The standard InChI is InChI=1S/C31H31NO7/c1-3-36-23-12-10-21(18-25(23)37-4-2)28-27(29(33)22-11-13-24-26(19-22)39-17-16-38-24)30(34)31(35)32(28)15-14-20-8-6-5-7-9-20/h5-13,18-19,28,33H,3-4,14-17H2,1-2H3/b29-27+/t28-/m0/s1. The molecule has 8 nitrogen and oxygen atoms in total. The number of amides is 1. The maximum Gasteiger partial charge on any atom is 0.295 e. The molecule has 1 fully saturated rings. The molecule has 1 saturated heterocycles. The van der Waals surface area contributed by atoms with E-state index >= 15 is 0 Å². The Balaban J connectivity index is 1.60. The van der Waals surface area contributed by atoms with Crippen LogP contribution in [0.15, 0.2) is 72.3 Å². The second-order valence-corrected chi connectivity index (χ2v) is 9.16. The van der Waals surface area contributed by atoms with E-state index in [1.807, 2.05) is 44.2 Å². The third kappa shape index (κ3) is 5.27. The fourth-order valence-electron chi connectivity index (χ4n) is 4.94. The van der Waals surface area contributed by atoms with Crippen LogP contribution in [0.2, 0.25) is 0 Å². The van der Waals surface area contributed by atoms with Crippen LogP contribution in [0.25, 0.3) is 5.76 Å². The van der Waals surface area contributed by atoms with Crippen molar-refractivity contribution >= 4 is 17.4 Å². The summed E-state index contributed by atoms with van der Waals surface area (Å²) in [6.07, 6.45) is 0.545. The third-order valence-corrected chi connectivity index (χ3v) is 6.72. The number of likely N-dealkylation sites (tertiary alicyclic amines) is 1. The number of aliphatic hydroxyl groups excluding tert-OH is 1. The molecule has 1 atom stereocenters. The minimum Gasteiger partial charge on any atom is -0.507 e. The van der Waals surface area contributed by atoms with Crippen molar-refractivity contribution in [2.24, 2.45) is 0 Å². The first-order chi connectivity index (χ1) is 19.0. The average molecular weight is 530 g/mol. The first kappa shape index (κ1) is 26.2. The molecule has 2 aliphatic rings. The first-order valence-electron chi connectivity index (χ1n) is 13.1. The molecule has 0 spiro atoms. The molecule has 5 rings (SSSR count). The van der Waals surface area contributed by atoms with Crippen LogP contribution in [0, 0.1) is 0 Å². The highest BCUT2D eigenvalue weighted by molar-refractivity contribution is 6.46. The quantitative estimate of drug-likeness (QED) is 0.239. The van der Waals surface area contributed by atoms with E-state index in [1.54, 1.807) is 36.4 Å². The summed E-state index contributed by atoms with van der Waals surface area (Å²) in [5, 5.41) is 11.5. The Kier molecular flexibility index (Phi) is 7.72. The second kappa shape index (κ2) is 11.5. The van der Waals surface area contributed by atoms with Crippen molar-refractivity contribution in [1.29, 1.82) is 0 Å². The maximum atomic E-state index is 13.5. The lowest BCUT2D eigenvalue weighted by Gasteiger charge is -2.26. The first-order valence-corrected chi connectivity index (χ1v) is 13.1. The molecule has 0 saturated carbocycles. The molecule has 1 N–H and O–H groups in total. The number of Topliss-reactive ketones (excluding diaryl/α,β-unsaturated/α-hetero) is 1. The summed E-state index contributed by atoms with van der Waals surface area (Å²) in [6, 6.07) is 19.2. The van der Waals surface area contributed by atoms with Gasteiger partial charge in [0.25, 0.3) is 11.7 Å². The van der Waals surface area contributed by atoms with Gasteiger partial charge in [-0.25, -0.2) is 0 Å². The van der Waals surface area contributed by atoms with E-state index in [4.69, 9.17) is 18.9 Å². The van der Waals surface area contributed by atoms with Crippen molar-refractivity contribution in [2.75, 3.05) is 33.0 Å². The fourth-order valence-corrected chi connectivity index (χ4v) is 4.94. The topological polar surface area (TPSA) is 94.5 Å². The maximum absolute atomic E-state index is 13.5. The molecule has 39 heavy (non-hydrogen) atoms. The molecule has 0 aromatic heterocycles. The number of aliphatic hydroxyl groups is 1. The lowest BCUT2D eigenvalue weighted by atomic mass is 9.94. The number of ketones is 1. The van der Waals surface area contributed by atoms with Crippen LogP contribution in [0.4, 0.5) is 0 Å². The minimum absolute atomic E-state index is 0.0105. The molecule has 2 heterocycles. The van der Waals surface area contributed by atoms with Crippen molar-refractivity contribution in [3.8, 4) is 23.0 Å². The molecular formula is C31H31NO7. The van der Waals surface area contributed by atoms with Gasteiger partial charge in [0.05, 0.1) is 24.8 Å². The predicted octanol–water partition coefficient (Wildman–Crippen LogP) is 4.92. The molecule has 3 aromatic rings. The number of carbonyl (C=O) groups excluding carboxylic acids is 2. The lowest BCUT2D eigenvalue weighted by molar-refractivity contribution is -0.139. The molecule has 0 bridgehead atoms. The van der Waals surface area contributed by atoms with Gasteiger partial charge in [-0.1, -0.05) is 36.4 Å². The van der Waals surface area contributed by atoms with Crippen LogP contribution in [0.3, 0.4) is 0 Å². The number of ether oxygens (including phenoxy) is 4. The summed E-state index contributed by atoms with van der Waals surface area (Å²) in [6.45, 7) is 5.73. The van der Waals surface area contributed by atoms with E-state index in [1.165, 1.54) is 4.90 Å². The summed E-state index contributed by atoms with van der Waals surface area (Å²) in [5.74, 6) is 0.421. The zero-order chi connectivity index (χ0) is 27.4. The largest absolute Gasteiger partial charge is 0.507 e. The Hall–Kier alpha value is -4.46. The number of rotatable bonds is 9. The van der Waals surface area contributed by atoms with Gasteiger partial charge in [0.2, 0.25) is 0 Å². The molecule has 3 aromatic carbocycles. The van der Waals surface area contributed by atoms with Gasteiger partial charge in [-0.2, -0.15) is 0 Å². The summed E-state index contributed by atoms with van der Waals surface area (Å²) in [5.41, 5.74) is 2.04. The van der Waals surface area contributed by atoms with E-state index in [2.05, 4.69) is 0 Å². The van der Waals surface area contributed by atoms with Crippen molar-refractivity contribution in [3.63, 3.8) is 0 Å². The smallest absolute Gasteiger partial charge is 0.295 e. The zero-order valence-electron chi connectivity index (χ0n) is 22.0. The van der Waals surface area contributed by atoms with Gasteiger partial charge >= 0.3 is 0 Å². The Labute approximate surface area is 227 Å². The van der Waals surface area contributed by atoms with Gasteiger partial charge in [-0.3, -0.25) is 9.59 Å². The summed E-state index contributed by atoms with van der Waals surface area (Å²) >= 11 is 0. The van der Waals surface area contributed by atoms with Crippen LogP contribution in [-0.2, 0) is 16.0 Å². The second-order valence-electron chi connectivity index (χ2n) is 9.16. The Morgan fingerprint density at radius 2 is 1.62 bits per heavy atom. The van der Waals surface area contributed by atoms with Crippen LogP contribution in [0.1, 0.15) is 36.6 Å². The highest BCUT2D eigenvalue weighted by Gasteiger charge is 2.46. The molecule has 2 aliphatic heterocycles. The Morgan fingerprint density at radius 3 is 2.36 bits per heavy atom. The normalized spacial score (nSPS) is 17.8. The number of benzene rings is 3. The molecular weight excluding hydrogens is 498 g/mol. The van der Waals surface area contributed by atoms with Crippen LogP contribution in [0.5, 0.6) is 23.0 Å². The Morgan fingerprint density at radius 1 is 0.897 bits per heavy atom. The average Bonchev–Trinajstić information content (AvgIpc) is 3.22. The highest BCUT2D eigenvalue weighted by atomic mass is 16.6. The van der Waals surface area contributed by atoms with Gasteiger partial charge in [-0.15, -0.1) is 0 Å². The summed E-state index contributed by atoms with van der Waals surface area (Å²) < 4.78 is 22.8. The molecule has 8 heteroatoms. The van der Waals surface area contributed by atoms with E-state index in [9.17, 15) is 14.7 Å². The molecule has 202 valence electrons. The summed E-state index contributed by atoms with van der Waals surface area (Å²) in [4.78, 5) is 28.4. The van der Waals surface area contributed by atoms with Crippen molar-refractivity contribution in [1.82, 2.24) is 4.90 Å². The molecule has 0 aliphatic carbocycles. The summed E-state index contributed by atoms with van der Waals surface area (Å²) in [7, 11) is 0. The van der Waals surface area contributed by atoms with Crippen LogP contribution >= 0.6 is 0 Å². The van der Waals surface area contributed by atoms with Crippen LogP contribution < -0.4 is 18.9 Å². The molecule has 1 amide bonds. The zero-order valence-corrected chi connectivity index (χ0v) is 22.0. The van der Waals surface area contributed by atoms with Crippen molar-refractivity contribution < 1.29 is 33.6 Å².